The number of carbonyl (C=O) groups excluding carboxylic acids is 1. The Morgan fingerprint density at radius 3 is 2.25 bits per heavy atom. The summed E-state index contributed by atoms with van der Waals surface area (Å²) in [5.41, 5.74) is 6.39. The summed E-state index contributed by atoms with van der Waals surface area (Å²) in [6.07, 6.45) is 0. The van der Waals surface area contributed by atoms with E-state index in [2.05, 4.69) is 6.07 Å². The SMILES string of the molecule is Cc1ccc(-c2cc(C(=O)Oc3ccccc3)c3cc(C)cc(C)c3n2)cc1. The fourth-order valence-corrected chi connectivity index (χ4v) is 3.37. The van der Waals surface area contributed by atoms with Gasteiger partial charge in [0, 0.05) is 10.9 Å². The fourth-order valence-electron chi connectivity index (χ4n) is 3.37. The molecule has 0 radical (unpaired) electrons. The van der Waals surface area contributed by atoms with Crippen LogP contribution in [-0.4, -0.2) is 11.0 Å². The Kier molecular flexibility index (Phi) is 4.66. The predicted molar refractivity (Wildman–Crippen MR) is 113 cm³/mol. The van der Waals surface area contributed by atoms with E-state index in [1.165, 1.54) is 5.56 Å². The maximum absolute atomic E-state index is 13.0. The number of carbonyl (C=O) groups is 1. The molecule has 3 nitrogen and oxygen atoms in total. The lowest BCUT2D eigenvalue weighted by molar-refractivity contribution is 0.0737. The summed E-state index contributed by atoms with van der Waals surface area (Å²) >= 11 is 0. The van der Waals surface area contributed by atoms with Gasteiger partial charge in [-0.25, -0.2) is 9.78 Å². The second-order valence-corrected chi connectivity index (χ2v) is 7.10. The lowest BCUT2D eigenvalue weighted by Gasteiger charge is -2.12. The number of hydrogen-bond donors (Lipinski definition) is 0. The number of aromatic nitrogens is 1. The number of hydrogen-bond acceptors (Lipinski definition) is 3. The van der Waals surface area contributed by atoms with E-state index in [1.54, 1.807) is 12.1 Å². The van der Waals surface area contributed by atoms with E-state index in [0.29, 0.717) is 11.3 Å². The van der Waals surface area contributed by atoms with Crippen molar-refractivity contribution in [3.05, 3.63) is 95.1 Å². The Balaban J connectivity index is 1.89. The molecule has 0 aliphatic carbocycles. The maximum atomic E-state index is 13.0. The molecule has 0 spiro atoms. The molecule has 0 amide bonds. The quantitative estimate of drug-likeness (QED) is 0.327. The second kappa shape index (κ2) is 7.28. The number of esters is 1. The fraction of sp³-hybridized carbons (Fsp3) is 0.120. The molecule has 0 fully saturated rings. The minimum atomic E-state index is -0.378. The molecule has 28 heavy (non-hydrogen) atoms. The standard InChI is InChI=1S/C25H21NO2/c1-16-9-11-19(12-10-16)23-15-22(25(27)28-20-7-5-4-6-8-20)21-14-17(2)13-18(3)24(21)26-23/h4-15H,1-3H3. The Labute approximate surface area is 164 Å². The minimum absolute atomic E-state index is 0.378. The van der Waals surface area contributed by atoms with Crippen LogP contribution in [0, 0.1) is 20.8 Å². The molecule has 3 aromatic carbocycles. The number of para-hydroxylation sites is 1. The van der Waals surface area contributed by atoms with Crippen LogP contribution in [0.15, 0.2) is 72.8 Å². The average Bonchev–Trinajstić information content (AvgIpc) is 2.68. The highest BCUT2D eigenvalue weighted by Crippen LogP contribution is 2.29. The summed E-state index contributed by atoms with van der Waals surface area (Å²) in [6, 6.07) is 23.2. The summed E-state index contributed by atoms with van der Waals surface area (Å²) in [6.45, 7) is 6.09. The first-order valence-corrected chi connectivity index (χ1v) is 9.27. The van der Waals surface area contributed by atoms with Gasteiger partial charge in [-0.3, -0.25) is 0 Å². The van der Waals surface area contributed by atoms with Crippen LogP contribution in [0.3, 0.4) is 0 Å². The van der Waals surface area contributed by atoms with Gasteiger partial charge in [0.15, 0.2) is 0 Å². The molecule has 1 heterocycles. The van der Waals surface area contributed by atoms with E-state index in [-0.39, 0.29) is 5.97 Å². The minimum Gasteiger partial charge on any atom is -0.423 e. The molecule has 0 unspecified atom stereocenters. The molecule has 1 aromatic heterocycles. The van der Waals surface area contributed by atoms with Crippen molar-refractivity contribution in [2.24, 2.45) is 0 Å². The van der Waals surface area contributed by atoms with Crippen LogP contribution in [0.2, 0.25) is 0 Å². The number of ether oxygens (including phenoxy) is 1. The van der Waals surface area contributed by atoms with E-state index in [1.807, 2.05) is 75.4 Å². The smallest absolute Gasteiger partial charge is 0.344 e. The molecular weight excluding hydrogens is 346 g/mol. The topological polar surface area (TPSA) is 39.2 Å². The zero-order valence-corrected chi connectivity index (χ0v) is 16.2. The van der Waals surface area contributed by atoms with Crippen LogP contribution in [0.4, 0.5) is 0 Å². The molecule has 138 valence electrons. The van der Waals surface area contributed by atoms with Crippen LogP contribution < -0.4 is 4.74 Å². The lowest BCUT2D eigenvalue weighted by atomic mass is 9.99. The van der Waals surface area contributed by atoms with E-state index in [0.717, 1.165) is 33.3 Å². The van der Waals surface area contributed by atoms with E-state index < -0.39 is 0 Å². The van der Waals surface area contributed by atoms with Crippen LogP contribution >= 0.6 is 0 Å². The van der Waals surface area contributed by atoms with E-state index in [4.69, 9.17) is 9.72 Å². The van der Waals surface area contributed by atoms with Gasteiger partial charge in [-0.05, 0) is 50.6 Å². The molecule has 0 saturated carbocycles. The van der Waals surface area contributed by atoms with Crippen molar-refractivity contribution in [2.45, 2.75) is 20.8 Å². The summed E-state index contributed by atoms with van der Waals surface area (Å²) in [4.78, 5) is 17.9. The average molecular weight is 367 g/mol. The molecule has 0 aliphatic heterocycles. The molecule has 4 aromatic rings. The van der Waals surface area contributed by atoms with Gasteiger partial charge >= 0.3 is 5.97 Å². The molecule has 4 rings (SSSR count). The van der Waals surface area contributed by atoms with Gasteiger partial charge in [0.25, 0.3) is 0 Å². The summed E-state index contributed by atoms with van der Waals surface area (Å²) < 4.78 is 5.63. The number of rotatable bonds is 3. The zero-order chi connectivity index (χ0) is 19.7. The van der Waals surface area contributed by atoms with Crippen molar-refractivity contribution in [2.75, 3.05) is 0 Å². The first kappa shape index (κ1) is 17.9. The molecule has 0 N–H and O–H groups in total. The lowest BCUT2D eigenvalue weighted by Crippen LogP contribution is -2.10. The van der Waals surface area contributed by atoms with Crippen LogP contribution in [0.1, 0.15) is 27.0 Å². The third-order valence-electron chi connectivity index (χ3n) is 4.77. The van der Waals surface area contributed by atoms with Crippen molar-refractivity contribution in [3.8, 4) is 17.0 Å². The number of pyridine rings is 1. The van der Waals surface area contributed by atoms with Crippen LogP contribution in [0.25, 0.3) is 22.2 Å². The largest absolute Gasteiger partial charge is 0.423 e. The summed E-state index contributed by atoms with van der Waals surface area (Å²) in [5.74, 6) is 0.149. The summed E-state index contributed by atoms with van der Waals surface area (Å²) in [7, 11) is 0. The van der Waals surface area contributed by atoms with Gasteiger partial charge in [-0.1, -0.05) is 59.7 Å². The van der Waals surface area contributed by atoms with E-state index in [9.17, 15) is 4.79 Å². The molecule has 3 heteroatoms. The summed E-state index contributed by atoms with van der Waals surface area (Å²) in [5, 5.41) is 0.814. The normalized spacial score (nSPS) is 10.8. The van der Waals surface area contributed by atoms with Crippen molar-refractivity contribution in [1.29, 1.82) is 0 Å². The molecular formula is C25H21NO2. The van der Waals surface area contributed by atoms with Crippen molar-refractivity contribution in [1.82, 2.24) is 4.98 Å². The maximum Gasteiger partial charge on any atom is 0.344 e. The Hall–Kier alpha value is -3.46. The van der Waals surface area contributed by atoms with Gasteiger partial charge < -0.3 is 4.74 Å². The highest BCUT2D eigenvalue weighted by atomic mass is 16.5. The van der Waals surface area contributed by atoms with Crippen LogP contribution in [-0.2, 0) is 0 Å². The second-order valence-electron chi connectivity index (χ2n) is 7.10. The van der Waals surface area contributed by atoms with Crippen LogP contribution in [0.5, 0.6) is 5.75 Å². The van der Waals surface area contributed by atoms with Crippen molar-refractivity contribution in [3.63, 3.8) is 0 Å². The third kappa shape index (κ3) is 3.52. The third-order valence-corrected chi connectivity index (χ3v) is 4.77. The van der Waals surface area contributed by atoms with Gasteiger partial charge in [0.2, 0.25) is 0 Å². The highest BCUT2D eigenvalue weighted by molar-refractivity contribution is 6.06. The van der Waals surface area contributed by atoms with Gasteiger partial charge in [0.05, 0.1) is 16.8 Å². The number of aryl methyl sites for hydroxylation is 3. The Morgan fingerprint density at radius 2 is 1.54 bits per heavy atom. The van der Waals surface area contributed by atoms with Gasteiger partial charge in [-0.2, -0.15) is 0 Å². The monoisotopic (exact) mass is 367 g/mol. The number of nitrogens with zero attached hydrogens (tertiary/aromatic N) is 1. The van der Waals surface area contributed by atoms with Gasteiger partial charge in [0.1, 0.15) is 5.75 Å². The van der Waals surface area contributed by atoms with E-state index >= 15 is 0 Å². The van der Waals surface area contributed by atoms with Crippen molar-refractivity contribution >= 4 is 16.9 Å². The molecule has 0 saturated heterocycles. The first-order chi connectivity index (χ1) is 13.5. The molecule has 0 aliphatic rings. The highest BCUT2D eigenvalue weighted by Gasteiger charge is 2.17. The first-order valence-electron chi connectivity index (χ1n) is 9.27. The Bertz CT molecular complexity index is 1160. The molecule has 0 bridgehead atoms. The Morgan fingerprint density at radius 1 is 0.821 bits per heavy atom. The number of benzene rings is 3. The number of fused-ring (bicyclic) bond motifs is 1. The predicted octanol–water partition coefficient (Wildman–Crippen LogP) is 6.05. The van der Waals surface area contributed by atoms with Crippen molar-refractivity contribution < 1.29 is 9.53 Å². The van der Waals surface area contributed by atoms with Gasteiger partial charge in [-0.15, -0.1) is 0 Å². The molecule has 0 atom stereocenters. The zero-order valence-electron chi connectivity index (χ0n) is 16.2.